The predicted molar refractivity (Wildman–Crippen MR) is 121 cm³/mol. The van der Waals surface area contributed by atoms with Crippen LogP contribution in [0.4, 0.5) is 0 Å². The summed E-state index contributed by atoms with van der Waals surface area (Å²) in [7, 11) is 0. The number of hydrogen-bond acceptors (Lipinski definition) is 4. The highest BCUT2D eigenvalue weighted by atomic mass is 35.5. The molecule has 2 amide bonds. The van der Waals surface area contributed by atoms with Crippen molar-refractivity contribution in [1.82, 2.24) is 25.2 Å². The van der Waals surface area contributed by atoms with E-state index in [0.29, 0.717) is 42.2 Å². The van der Waals surface area contributed by atoms with Crippen molar-refractivity contribution >= 4 is 40.5 Å². The Kier molecular flexibility index (Phi) is 4.37. The van der Waals surface area contributed by atoms with E-state index in [2.05, 4.69) is 15.4 Å². The van der Waals surface area contributed by atoms with Crippen LogP contribution in [0.25, 0.3) is 17.1 Å². The second-order valence-electron chi connectivity index (χ2n) is 9.17. The minimum atomic E-state index is -0.0152. The lowest BCUT2D eigenvalue weighted by molar-refractivity contribution is -0.126. The van der Waals surface area contributed by atoms with Gasteiger partial charge >= 0.3 is 0 Å². The number of amides is 2. The molecule has 8 heteroatoms. The van der Waals surface area contributed by atoms with Crippen molar-refractivity contribution in [3.8, 4) is 0 Å². The molecule has 1 spiro atoms. The highest BCUT2D eigenvalue weighted by molar-refractivity contribution is 6.30. The summed E-state index contributed by atoms with van der Waals surface area (Å²) < 4.78 is 0. The zero-order valence-corrected chi connectivity index (χ0v) is 18.2. The molecule has 3 aromatic rings. The summed E-state index contributed by atoms with van der Waals surface area (Å²) in [6.07, 6.45) is 4.48. The maximum absolute atomic E-state index is 13.2. The molecular formula is C24H22ClN5O2. The number of fused-ring (bicyclic) bond motifs is 2. The SMILES string of the molecule is O=C(C1=Cc2cc(Cl)ccc2C1)N1CCC2(CCN(C(=O)c3ccc4n[nH]nc4c3)C2)C1. The Labute approximate surface area is 190 Å². The minimum absolute atomic E-state index is 0.0152. The fourth-order valence-corrected chi connectivity index (χ4v) is 5.53. The van der Waals surface area contributed by atoms with Gasteiger partial charge in [-0.05, 0) is 60.4 Å². The molecule has 2 aromatic carbocycles. The molecule has 1 aliphatic carbocycles. The molecule has 2 fully saturated rings. The van der Waals surface area contributed by atoms with Gasteiger partial charge in [-0.1, -0.05) is 17.7 Å². The average molecular weight is 448 g/mol. The Bertz CT molecular complexity index is 1300. The first-order chi connectivity index (χ1) is 15.5. The highest BCUT2D eigenvalue weighted by Crippen LogP contribution is 2.41. The van der Waals surface area contributed by atoms with Gasteiger partial charge in [-0.15, -0.1) is 0 Å². The van der Waals surface area contributed by atoms with Crippen LogP contribution in [0.3, 0.4) is 0 Å². The predicted octanol–water partition coefficient (Wildman–Crippen LogP) is 3.32. The van der Waals surface area contributed by atoms with E-state index in [-0.39, 0.29) is 17.2 Å². The van der Waals surface area contributed by atoms with Crippen LogP contribution in [0.1, 0.15) is 34.3 Å². The van der Waals surface area contributed by atoms with Crippen molar-refractivity contribution < 1.29 is 9.59 Å². The Morgan fingerprint density at radius 1 is 0.938 bits per heavy atom. The standard InChI is InChI=1S/C24H22ClN5O2/c25-19-3-1-15-9-18(10-17(15)11-19)23(32)30-8-6-24(14-30)5-7-29(13-24)22(31)16-2-4-20-21(12-16)27-28-26-20/h1-4,10-12H,5-9,13-14H2,(H,26,27,28). The molecule has 6 rings (SSSR count). The molecule has 1 aromatic heterocycles. The lowest BCUT2D eigenvalue weighted by atomic mass is 9.86. The number of H-pyrrole nitrogens is 1. The summed E-state index contributed by atoms with van der Waals surface area (Å²) >= 11 is 6.10. The summed E-state index contributed by atoms with van der Waals surface area (Å²) in [6.45, 7) is 2.83. The zero-order valence-electron chi connectivity index (χ0n) is 17.5. The number of aromatic nitrogens is 3. The Balaban J connectivity index is 1.14. The highest BCUT2D eigenvalue weighted by Gasteiger charge is 2.46. The minimum Gasteiger partial charge on any atom is -0.338 e. The number of carbonyl (C=O) groups is 2. The molecule has 3 aliphatic rings. The van der Waals surface area contributed by atoms with Crippen LogP contribution in [0, 0.1) is 5.41 Å². The number of benzene rings is 2. The first kappa shape index (κ1) is 19.5. The van der Waals surface area contributed by atoms with Gasteiger partial charge in [0.05, 0.1) is 0 Å². The second kappa shape index (κ2) is 7.17. The average Bonchev–Trinajstić information content (AvgIpc) is 3.59. The van der Waals surface area contributed by atoms with Crippen molar-refractivity contribution in [2.75, 3.05) is 26.2 Å². The Hall–Kier alpha value is -3.19. The van der Waals surface area contributed by atoms with Gasteiger partial charge in [0.25, 0.3) is 5.91 Å². The van der Waals surface area contributed by atoms with Crippen molar-refractivity contribution in [1.29, 1.82) is 0 Å². The molecule has 7 nitrogen and oxygen atoms in total. The van der Waals surface area contributed by atoms with E-state index in [1.54, 1.807) is 12.1 Å². The Morgan fingerprint density at radius 3 is 2.50 bits per heavy atom. The number of halogens is 1. The van der Waals surface area contributed by atoms with E-state index in [1.807, 2.05) is 40.1 Å². The van der Waals surface area contributed by atoms with Crippen LogP contribution < -0.4 is 0 Å². The number of aromatic amines is 1. The number of carbonyl (C=O) groups excluding carboxylic acids is 2. The molecule has 1 atom stereocenters. The molecule has 2 aliphatic heterocycles. The van der Waals surface area contributed by atoms with Crippen molar-refractivity contribution in [3.05, 3.63) is 63.7 Å². The van der Waals surface area contributed by atoms with Crippen LogP contribution in [0.15, 0.2) is 42.0 Å². The quantitative estimate of drug-likeness (QED) is 0.653. The van der Waals surface area contributed by atoms with Gasteiger partial charge in [0, 0.05) is 54.2 Å². The van der Waals surface area contributed by atoms with E-state index < -0.39 is 0 Å². The molecule has 32 heavy (non-hydrogen) atoms. The summed E-state index contributed by atoms with van der Waals surface area (Å²) in [4.78, 5) is 30.2. The number of rotatable bonds is 2. The molecule has 0 saturated carbocycles. The first-order valence-electron chi connectivity index (χ1n) is 10.9. The summed E-state index contributed by atoms with van der Waals surface area (Å²) in [6, 6.07) is 11.2. The van der Waals surface area contributed by atoms with E-state index >= 15 is 0 Å². The third kappa shape index (κ3) is 3.19. The lowest BCUT2D eigenvalue weighted by Crippen LogP contribution is -2.36. The van der Waals surface area contributed by atoms with Gasteiger partial charge in [0.15, 0.2) is 0 Å². The van der Waals surface area contributed by atoms with Crippen LogP contribution in [-0.4, -0.2) is 63.2 Å². The van der Waals surface area contributed by atoms with Gasteiger partial charge in [0.1, 0.15) is 11.0 Å². The van der Waals surface area contributed by atoms with Crippen molar-refractivity contribution in [2.45, 2.75) is 19.3 Å². The monoisotopic (exact) mass is 447 g/mol. The van der Waals surface area contributed by atoms with E-state index in [1.165, 1.54) is 0 Å². The Morgan fingerprint density at radius 2 is 1.69 bits per heavy atom. The van der Waals surface area contributed by atoms with Crippen LogP contribution in [0.5, 0.6) is 0 Å². The van der Waals surface area contributed by atoms with Gasteiger partial charge < -0.3 is 9.80 Å². The van der Waals surface area contributed by atoms with E-state index in [0.717, 1.165) is 41.6 Å². The largest absolute Gasteiger partial charge is 0.338 e. The second-order valence-corrected chi connectivity index (χ2v) is 9.61. The smallest absolute Gasteiger partial charge is 0.253 e. The molecule has 0 radical (unpaired) electrons. The molecular weight excluding hydrogens is 426 g/mol. The number of nitrogens with one attached hydrogen (secondary N) is 1. The maximum Gasteiger partial charge on any atom is 0.253 e. The van der Waals surface area contributed by atoms with E-state index in [4.69, 9.17) is 11.6 Å². The molecule has 162 valence electrons. The molecule has 2 saturated heterocycles. The molecule has 1 unspecified atom stereocenters. The van der Waals surface area contributed by atoms with Gasteiger partial charge in [-0.25, -0.2) is 0 Å². The van der Waals surface area contributed by atoms with Gasteiger partial charge in [-0.2, -0.15) is 15.4 Å². The van der Waals surface area contributed by atoms with Crippen molar-refractivity contribution in [3.63, 3.8) is 0 Å². The van der Waals surface area contributed by atoms with Gasteiger partial charge in [-0.3, -0.25) is 9.59 Å². The third-order valence-corrected chi connectivity index (χ3v) is 7.34. The fourth-order valence-electron chi connectivity index (χ4n) is 5.35. The summed E-state index contributed by atoms with van der Waals surface area (Å²) in [5.74, 6) is 0.123. The zero-order chi connectivity index (χ0) is 21.9. The van der Waals surface area contributed by atoms with Crippen LogP contribution in [0.2, 0.25) is 5.02 Å². The lowest BCUT2D eigenvalue weighted by Gasteiger charge is -2.25. The van der Waals surface area contributed by atoms with Gasteiger partial charge in [0.2, 0.25) is 5.91 Å². The third-order valence-electron chi connectivity index (χ3n) is 7.11. The topological polar surface area (TPSA) is 82.2 Å². The maximum atomic E-state index is 13.2. The van der Waals surface area contributed by atoms with Crippen LogP contribution >= 0.6 is 11.6 Å². The first-order valence-corrected chi connectivity index (χ1v) is 11.3. The van der Waals surface area contributed by atoms with Crippen molar-refractivity contribution in [2.24, 2.45) is 5.41 Å². The summed E-state index contributed by atoms with van der Waals surface area (Å²) in [5, 5.41) is 11.4. The fraction of sp³-hybridized carbons (Fsp3) is 0.333. The van der Waals surface area contributed by atoms with E-state index in [9.17, 15) is 9.59 Å². The molecule has 3 heterocycles. The number of nitrogens with zero attached hydrogens (tertiary/aromatic N) is 4. The normalized spacial score (nSPS) is 22.1. The van der Waals surface area contributed by atoms with Crippen LogP contribution in [-0.2, 0) is 11.2 Å². The molecule has 0 bridgehead atoms. The number of hydrogen-bond donors (Lipinski definition) is 1. The summed E-state index contributed by atoms with van der Waals surface area (Å²) in [5.41, 5.74) is 5.06. The molecule has 1 N–H and O–H groups in total. The number of likely N-dealkylation sites (tertiary alicyclic amines) is 2.